The second-order valence-electron chi connectivity index (χ2n) is 16.1. The Hall–Kier alpha value is -8.61. The zero-order valence-electron chi connectivity index (χ0n) is 34.0. The quantitative estimate of drug-likeness (QED) is 0.168. The van der Waals surface area contributed by atoms with E-state index in [0.717, 1.165) is 55.7 Å². The SMILES string of the molecule is c1ccc(-c2cccc(-c3nc4nc(-c5ccc(-n6c7ccccc7c7cc(-c8ccc9c(c8)c8ccccc8n9-c8ccccc8)ccc76)cc5)nn4c4ccccc34)c2)cc1. The monoisotopic (exact) mass is 804 g/mol. The van der Waals surface area contributed by atoms with Crippen LogP contribution in [0.2, 0.25) is 0 Å². The van der Waals surface area contributed by atoms with Gasteiger partial charge in [0.25, 0.3) is 5.78 Å². The smallest absolute Gasteiger partial charge is 0.253 e. The van der Waals surface area contributed by atoms with Gasteiger partial charge in [0.05, 0.1) is 33.3 Å². The van der Waals surface area contributed by atoms with Crippen LogP contribution in [0.3, 0.4) is 0 Å². The van der Waals surface area contributed by atoms with Crippen LogP contribution in [0.5, 0.6) is 0 Å². The van der Waals surface area contributed by atoms with Crippen molar-refractivity contribution in [2.45, 2.75) is 0 Å². The summed E-state index contributed by atoms with van der Waals surface area (Å²) in [4.78, 5) is 10.2. The van der Waals surface area contributed by atoms with E-state index in [9.17, 15) is 0 Å². The third-order valence-corrected chi connectivity index (χ3v) is 12.5. The predicted octanol–water partition coefficient (Wildman–Crippen LogP) is 14.1. The minimum atomic E-state index is 0.562. The van der Waals surface area contributed by atoms with Crippen molar-refractivity contribution in [3.8, 4) is 56.3 Å². The molecule has 294 valence electrons. The van der Waals surface area contributed by atoms with Crippen LogP contribution in [0.4, 0.5) is 0 Å². The van der Waals surface area contributed by atoms with Gasteiger partial charge in [0, 0.05) is 49.4 Å². The first-order valence-corrected chi connectivity index (χ1v) is 21.3. The van der Waals surface area contributed by atoms with E-state index in [0.29, 0.717) is 11.6 Å². The lowest BCUT2D eigenvalue weighted by molar-refractivity contribution is 0.988. The predicted molar refractivity (Wildman–Crippen MR) is 259 cm³/mol. The first-order valence-electron chi connectivity index (χ1n) is 21.3. The number of rotatable bonds is 6. The van der Waals surface area contributed by atoms with Gasteiger partial charge in [-0.15, -0.1) is 5.10 Å². The van der Waals surface area contributed by atoms with E-state index in [1.165, 1.54) is 49.3 Å². The lowest BCUT2D eigenvalue weighted by Gasteiger charge is -2.10. The maximum atomic E-state index is 5.14. The average molecular weight is 805 g/mol. The summed E-state index contributed by atoms with van der Waals surface area (Å²) in [5, 5.41) is 11.0. The average Bonchev–Trinajstić information content (AvgIpc) is 4.05. The van der Waals surface area contributed by atoms with Crippen LogP contribution in [0.1, 0.15) is 0 Å². The summed E-state index contributed by atoms with van der Waals surface area (Å²) in [5.74, 6) is 1.19. The molecular formula is C57H36N6. The highest BCUT2D eigenvalue weighted by Crippen LogP contribution is 2.39. The molecule has 0 spiro atoms. The highest BCUT2D eigenvalue weighted by molar-refractivity contribution is 6.12. The summed E-state index contributed by atoms with van der Waals surface area (Å²) >= 11 is 0. The van der Waals surface area contributed by atoms with Gasteiger partial charge in [-0.05, 0) is 107 Å². The summed E-state index contributed by atoms with van der Waals surface area (Å²) in [6, 6.07) is 77.7. The maximum absolute atomic E-state index is 5.14. The summed E-state index contributed by atoms with van der Waals surface area (Å²) in [7, 11) is 0. The molecule has 13 aromatic rings. The molecule has 0 fully saturated rings. The van der Waals surface area contributed by atoms with Crippen LogP contribution in [0, 0.1) is 0 Å². The minimum absolute atomic E-state index is 0.562. The molecule has 0 aliphatic carbocycles. The molecular weight excluding hydrogens is 769 g/mol. The summed E-state index contributed by atoms with van der Waals surface area (Å²) in [6.07, 6.45) is 0. The third kappa shape index (κ3) is 5.62. The lowest BCUT2D eigenvalue weighted by Crippen LogP contribution is -1.97. The Kier molecular flexibility index (Phi) is 7.80. The largest absolute Gasteiger partial charge is 0.309 e. The normalized spacial score (nSPS) is 11.8. The van der Waals surface area contributed by atoms with Crippen LogP contribution < -0.4 is 0 Å². The third-order valence-electron chi connectivity index (χ3n) is 12.5. The Morgan fingerprint density at radius 2 is 0.762 bits per heavy atom. The number of fused-ring (bicyclic) bond motifs is 9. The fourth-order valence-corrected chi connectivity index (χ4v) is 9.57. The lowest BCUT2D eigenvalue weighted by atomic mass is 10.00. The molecule has 0 unspecified atom stereocenters. The van der Waals surface area contributed by atoms with Crippen molar-refractivity contribution in [2.24, 2.45) is 0 Å². The zero-order valence-corrected chi connectivity index (χ0v) is 34.0. The number of aromatic nitrogens is 6. The van der Waals surface area contributed by atoms with Crippen LogP contribution in [0.15, 0.2) is 218 Å². The Morgan fingerprint density at radius 1 is 0.286 bits per heavy atom. The van der Waals surface area contributed by atoms with Crippen LogP contribution >= 0.6 is 0 Å². The second kappa shape index (κ2) is 14.0. The van der Waals surface area contributed by atoms with Gasteiger partial charge in [-0.1, -0.05) is 133 Å². The molecule has 0 radical (unpaired) electrons. The molecule has 9 aromatic carbocycles. The molecule has 63 heavy (non-hydrogen) atoms. The van der Waals surface area contributed by atoms with Crippen molar-refractivity contribution in [3.63, 3.8) is 0 Å². The van der Waals surface area contributed by atoms with Crippen molar-refractivity contribution in [3.05, 3.63) is 218 Å². The van der Waals surface area contributed by atoms with Gasteiger partial charge in [-0.25, -0.2) is 4.98 Å². The van der Waals surface area contributed by atoms with E-state index >= 15 is 0 Å². The van der Waals surface area contributed by atoms with E-state index in [2.05, 4.69) is 215 Å². The van der Waals surface area contributed by atoms with Gasteiger partial charge in [0.2, 0.25) is 0 Å². The van der Waals surface area contributed by atoms with Gasteiger partial charge in [0.15, 0.2) is 5.82 Å². The van der Waals surface area contributed by atoms with Crippen LogP contribution in [0.25, 0.3) is 117 Å². The maximum Gasteiger partial charge on any atom is 0.253 e. The molecule has 0 aliphatic rings. The van der Waals surface area contributed by atoms with Crippen molar-refractivity contribution in [1.29, 1.82) is 0 Å². The molecule has 4 aromatic heterocycles. The molecule has 0 N–H and O–H groups in total. The number of hydrogen-bond donors (Lipinski definition) is 0. The van der Waals surface area contributed by atoms with Crippen LogP contribution in [-0.4, -0.2) is 28.7 Å². The fraction of sp³-hybridized carbons (Fsp3) is 0. The molecule has 0 amide bonds. The van der Waals surface area contributed by atoms with Crippen molar-refractivity contribution in [1.82, 2.24) is 28.7 Å². The van der Waals surface area contributed by atoms with Crippen molar-refractivity contribution in [2.75, 3.05) is 0 Å². The van der Waals surface area contributed by atoms with Gasteiger partial charge in [-0.2, -0.15) is 9.50 Å². The fourth-order valence-electron chi connectivity index (χ4n) is 9.57. The molecule has 0 bridgehead atoms. The van der Waals surface area contributed by atoms with E-state index < -0.39 is 0 Å². The first kappa shape index (κ1) is 35.2. The van der Waals surface area contributed by atoms with E-state index in [1.807, 2.05) is 16.6 Å². The molecule has 13 rings (SSSR count). The molecule has 6 nitrogen and oxygen atoms in total. The van der Waals surface area contributed by atoms with Gasteiger partial charge >= 0.3 is 0 Å². The Balaban J connectivity index is 0.881. The molecule has 4 heterocycles. The van der Waals surface area contributed by atoms with Crippen LogP contribution in [-0.2, 0) is 0 Å². The number of hydrogen-bond acceptors (Lipinski definition) is 3. The molecule has 0 aliphatic heterocycles. The summed E-state index contributed by atoms with van der Waals surface area (Å²) in [5.41, 5.74) is 15.4. The molecule has 0 saturated heterocycles. The Morgan fingerprint density at radius 3 is 1.41 bits per heavy atom. The highest BCUT2D eigenvalue weighted by Gasteiger charge is 2.18. The minimum Gasteiger partial charge on any atom is -0.309 e. The summed E-state index contributed by atoms with van der Waals surface area (Å²) < 4.78 is 6.59. The zero-order chi connectivity index (χ0) is 41.4. The number of benzene rings is 9. The van der Waals surface area contributed by atoms with Gasteiger partial charge in [0.1, 0.15) is 0 Å². The highest BCUT2D eigenvalue weighted by atomic mass is 15.3. The van der Waals surface area contributed by atoms with E-state index in [1.54, 1.807) is 0 Å². The first-order chi connectivity index (χ1) is 31.2. The number of para-hydroxylation sites is 4. The van der Waals surface area contributed by atoms with Crippen molar-refractivity contribution >= 4 is 60.3 Å². The summed E-state index contributed by atoms with van der Waals surface area (Å²) in [6.45, 7) is 0. The molecule has 0 saturated carbocycles. The van der Waals surface area contributed by atoms with E-state index in [4.69, 9.17) is 15.1 Å². The second-order valence-corrected chi connectivity index (χ2v) is 16.1. The Labute approximate surface area is 362 Å². The topological polar surface area (TPSA) is 52.9 Å². The molecule has 6 heteroatoms. The number of nitrogens with zero attached hydrogens (tertiary/aromatic N) is 6. The van der Waals surface area contributed by atoms with Gasteiger partial charge in [-0.3, -0.25) is 0 Å². The van der Waals surface area contributed by atoms with E-state index in [-0.39, 0.29) is 0 Å². The molecule has 0 atom stereocenters. The Bertz CT molecular complexity index is 3900. The van der Waals surface area contributed by atoms with Gasteiger partial charge < -0.3 is 9.13 Å². The standard InChI is InChI=1S/C57H36N6/c1-3-14-37(15-4-1)39-16-13-17-42(34-39)55-47-22-9-12-25-54(47)63-57(58-55)59-56(60-63)38-26-30-44(31-27-38)62-51-24-11-8-21-46(51)49-36-41(29-33-53(49)62)40-28-32-52-48(35-40)45-20-7-10-23-50(45)61(52)43-18-5-2-6-19-43/h1-36H. The van der Waals surface area contributed by atoms with Crippen molar-refractivity contribution < 1.29 is 0 Å².